The third-order valence-electron chi connectivity index (χ3n) is 4.50. The number of hydrogen-bond donors (Lipinski definition) is 1. The molecule has 2 atom stereocenters. The van der Waals surface area contributed by atoms with Crippen molar-refractivity contribution in [2.75, 3.05) is 0 Å². The van der Waals surface area contributed by atoms with Crippen LogP contribution in [-0.2, 0) is 15.5 Å². The van der Waals surface area contributed by atoms with Gasteiger partial charge in [0.2, 0.25) is 0 Å². The van der Waals surface area contributed by atoms with E-state index in [0.29, 0.717) is 12.8 Å². The van der Waals surface area contributed by atoms with Gasteiger partial charge in [0.1, 0.15) is 0 Å². The Morgan fingerprint density at radius 2 is 1.83 bits per heavy atom. The first kappa shape index (κ1) is 22.8. The van der Waals surface area contributed by atoms with Crippen molar-refractivity contribution < 1.29 is 23.1 Å². The Morgan fingerprint density at radius 1 is 1.14 bits per heavy atom. The van der Waals surface area contributed by atoms with Gasteiger partial charge in [-0.05, 0) is 31.0 Å². The highest BCUT2D eigenvalue weighted by atomic mass is 35.5. The fourth-order valence-corrected chi connectivity index (χ4v) is 3.09. The number of ether oxygens (including phenoxy) is 1. The molecular weight excluding hydrogens is 400 g/mol. The summed E-state index contributed by atoms with van der Waals surface area (Å²) < 4.78 is 35.8. The second-order valence-electron chi connectivity index (χ2n) is 6.78. The zero-order valence-corrected chi connectivity index (χ0v) is 17.1. The lowest BCUT2D eigenvalue weighted by atomic mass is 9.97. The van der Waals surface area contributed by atoms with Crippen molar-refractivity contribution in [1.29, 1.82) is 0 Å². The topological polar surface area (TPSA) is 55.4 Å². The van der Waals surface area contributed by atoms with Crippen LogP contribution in [0.15, 0.2) is 54.6 Å². The lowest BCUT2D eigenvalue weighted by Crippen LogP contribution is -2.42. The molecule has 0 saturated heterocycles. The van der Waals surface area contributed by atoms with Crippen LogP contribution in [0, 0.1) is 0 Å². The molecule has 2 aromatic rings. The van der Waals surface area contributed by atoms with Gasteiger partial charge in [-0.15, -0.1) is 0 Å². The molecule has 2 aromatic carbocycles. The lowest BCUT2D eigenvalue weighted by molar-refractivity contribution is -0.123. The van der Waals surface area contributed by atoms with Gasteiger partial charge in [-0.1, -0.05) is 73.8 Å². The van der Waals surface area contributed by atoms with Crippen LogP contribution in [0.3, 0.4) is 0 Å². The Morgan fingerprint density at radius 3 is 2.41 bits per heavy atom. The molecule has 1 unspecified atom stereocenters. The van der Waals surface area contributed by atoms with Crippen molar-refractivity contribution in [1.82, 2.24) is 5.32 Å². The van der Waals surface area contributed by atoms with Crippen LogP contribution >= 0.6 is 11.6 Å². The fraction of sp³-hybridized carbons (Fsp3) is 0.364. The molecule has 0 aliphatic rings. The number of nitrogens with one attached hydrogen (secondary N) is 1. The average molecular weight is 424 g/mol. The molecule has 0 heterocycles. The largest absolute Gasteiger partial charge is 0.434 e. The van der Waals surface area contributed by atoms with E-state index >= 15 is 8.78 Å². The molecule has 0 aliphatic carbocycles. The van der Waals surface area contributed by atoms with Gasteiger partial charge in [-0.2, -0.15) is 8.78 Å². The molecule has 2 rings (SSSR count). The molecule has 1 amide bonds. The molecule has 0 bridgehead atoms. The summed E-state index contributed by atoms with van der Waals surface area (Å²) in [6.07, 6.45) is -0.995. The number of ketones is 1. The fourth-order valence-electron chi connectivity index (χ4n) is 2.90. The number of carbonyl (C=O) groups excluding carboxylic acids is 2. The first-order valence-electron chi connectivity index (χ1n) is 9.42. The monoisotopic (exact) mass is 423 g/mol. The molecule has 29 heavy (non-hydrogen) atoms. The quantitative estimate of drug-likeness (QED) is 0.534. The number of unbranched alkanes of at least 4 members (excludes halogenated alkanes) is 1. The SMILES string of the molecule is CCCC[C@H](NC(=O)OC(c1ccccc1)C(F)(F)c1cccc(Cl)c1)C(C)=O. The van der Waals surface area contributed by atoms with Crippen molar-refractivity contribution in [2.45, 2.75) is 51.2 Å². The molecule has 0 aromatic heterocycles. The van der Waals surface area contributed by atoms with Crippen LogP contribution < -0.4 is 5.32 Å². The van der Waals surface area contributed by atoms with E-state index in [2.05, 4.69) is 5.32 Å². The molecule has 0 aliphatic heterocycles. The second kappa shape index (κ2) is 10.3. The summed E-state index contributed by atoms with van der Waals surface area (Å²) in [5.74, 6) is -3.80. The van der Waals surface area contributed by atoms with Gasteiger partial charge in [-0.3, -0.25) is 4.79 Å². The van der Waals surface area contributed by atoms with E-state index in [1.165, 1.54) is 37.3 Å². The normalized spacial score (nSPS) is 13.4. The van der Waals surface area contributed by atoms with Crippen molar-refractivity contribution in [2.24, 2.45) is 0 Å². The highest BCUT2D eigenvalue weighted by molar-refractivity contribution is 6.30. The first-order chi connectivity index (χ1) is 13.8. The Balaban J connectivity index is 2.29. The minimum Gasteiger partial charge on any atom is -0.434 e. The summed E-state index contributed by atoms with van der Waals surface area (Å²) in [5.41, 5.74) is -0.249. The van der Waals surface area contributed by atoms with Crippen LogP contribution in [0.1, 0.15) is 50.3 Å². The number of hydrogen-bond acceptors (Lipinski definition) is 3. The summed E-state index contributed by atoms with van der Waals surface area (Å²) in [6, 6.07) is 12.2. The van der Waals surface area contributed by atoms with Crippen LogP contribution in [0.2, 0.25) is 5.02 Å². The Bertz CT molecular complexity index is 830. The minimum absolute atomic E-state index is 0.126. The van der Waals surface area contributed by atoms with E-state index in [1.807, 2.05) is 6.92 Å². The maximum Gasteiger partial charge on any atom is 0.408 e. The van der Waals surface area contributed by atoms with Gasteiger partial charge < -0.3 is 10.1 Å². The van der Waals surface area contributed by atoms with Crippen LogP contribution in [0.25, 0.3) is 0 Å². The van der Waals surface area contributed by atoms with Gasteiger partial charge in [0.25, 0.3) is 0 Å². The zero-order valence-electron chi connectivity index (χ0n) is 16.3. The van der Waals surface area contributed by atoms with Gasteiger partial charge in [0, 0.05) is 10.6 Å². The van der Waals surface area contributed by atoms with Gasteiger partial charge in [0.05, 0.1) is 6.04 Å². The summed E-state index contributed by atoms with van der Waals surface area (Å²) in [4.78, 5) is 24.2. The predicted octanol–water partition coefficient (Wildman–Crippen LogP) is 6.05. The van der Waals surface area contributed by atoms with Crippen molar-refractivity contribution >= 4 is 23.5 Å². The van der Waals surface area contributed by atoms with E-state index in [1.54, 1.807) is 18.2 Å². The highest BCUT2D eigenvalue weighted by Crippen LogP contribution is 2.43. The zero-order chi connectivity index (χ0) is 21.4. The molecular formula is C22H24ClF2NO3. The number of Topliss-reactive ketones (excluding diaryl/α,β-unsaturated/α-hetero) is 1. The number of alkyl halides is 2. The molecule has 0 fully saturated rings. The average Bonchev–Trinajstić information content (AvgIpc) is 2.69. The van der Waals surface area contributed by atoms with Gasteiger partial charge in [-0.25, -0.2) is 4.79 Å². The number of halogens is 3. The van der Waals surface area contributed by atoms with E-state index in [4.69, 9.17) is 16.3 Å². The Labute approximate surface area is 174 Å². The molecule has 7 heteroatoms. The van der Waals surface area contributed by atoms with Gasteiger partial charge in [0.15, 0.2) is 11.9 Å². The number of rotatable bonds is 9. The van der Waals surface area contributed by atoms with Crippen LogP contribution in [-0.4, -0.2) is 17.9 Å². The maximum absolute atomic E-state index is 15.3. The lowest BCUT2D eigenvalue weighted by Gasteiger charge is -2.28. The third-order valence-corrected chi connectivity index (χ3v) is 4.73. The molecule has 0 spiro atoms. The highest BCUT2D eigenvalue weighted by Gasteiger charge is 2.45. The summed E-state index contributed by atoms with van der Waals surface area (Å²) in [6.45, 7) is 3.29. The number of amides is 1. The minimum atomic E-state index is -3.54. The van der Waals surface area contributed by atoms with E-state index in [-0.39, 0.29) is 21.9 Å². The smallest absolute Gasteiger partial charge is 0.408 e. The predicted molar refractivity (Wildman–Crippen MR) is 108 cm³/mol. The number of carbonyl (C=O) groups is 2. The Hall–Kier alpha value is -2.47. The van der Waals surface area contributed by atoms with Crippen molar-refractivity contribution in [3.05, 3.63) is 70.7 Å². The molecule has 156 valence electrons. The van der Waals surface area contributed by atoms with E-state index in [9.17, 15) is 9.59 Å². The van der Waals surface area contributed by atoms with Crippen molar-refractivity contribution in [3.8, 4) is 0 Å². The summed E-state index contributed by atoms with van der Waals surface area (Å²) in [5, 5.41) is 2.56. The maximum atomic E-state index is 15.3. The van der Waals surface area contributed by atoms with E-state index in [0.717, 1.165) is 12.5 Å². The van der Waals surface area contributed by atoms with Crippen LogP contribution in [0.4, 0.5) is 13.6 Å². The molecule has 4 nitrogen and oxygen atoms in total. The Kier molecular flexibility index (Phi) is 8.14. The van der Waals surface area contributed by atoms with Gasteiger partial charge >= 0.3 is 12.0 Å². The molecule has 1 N–H and O–H groups in total. The first-order valence-corrected chi connectivity index (χ1v) is 9.80. The van der Waals surface area contributed by atoms with Crippen molar-refractivity contribution in [3.63, 3.8) is 0 Å². The van der Waals surface area contributed by atoms with E-state index < -0.39 is 24.2 Å². The third kappa shape index (κ3) is 6.26. The molecule has 0 radical (unpaired) electrons. The standard InChI is InChI=1S/C22H24ClF2NO3/c1-3-4-13-19(15(2)27)26-21(28)29-20(16-9-6-5-7-10-16)22(24,25)17-11-8-12-18(23)14-17/h5-12,14,19-20H,3-4,13H2,1-2H3,(H,26,28)/t19-,20?/m0/s1. The van der Waals surface area contributed by atoms with Crippen LogP contribution in [0.5, 0.6) is 0 Å². The molecule has 0 saturated carbocycles. The second-order valence-corrected chi connectivity index (χ2v) is 7.22. The number of benzene rings is 2. The summed E-state index contributed by atoms with van der Waals surface area (Å²) in [7, 11) is 0. The number of alkyl carbamates (subject to hydrolysis) is 1. The summed E-state index contributed by atoms with van der Waals surface area (Å²) >= 11 is 5.87.